The molecule has 3 fully saturated rings. The first-order valence-electron chi connectivity index (χ1n) is 23.0. The van der Waals surface area contributed by atoms with Crippen molar-refractivity contribution < 1.29 is 60.9 Å². The van der Waals surface area contributed by atoms with Gasteiger partial charge in [0.1, 0.15) is 48.3 Å². The maximum atomic E-state index is 15.4. The van der Waals surface area contributed by atoms with E-state index in [2.05, 4.69) is 19.9 Å². The van der Waals surface area contributed by atoms with Gasteiger partial charge in [0.15, 0.2) is 35.5 Å². The molecular weight excluding hydrogens is 1050 g/mol. The number of hydrogen-bond donors (Lipinski definition) is 3. The third-order valence-corrected chi connectivity index (χ3v) is 19.8. The molecule has 388 valence electrons. The number of aromatic amines is 1. The fraction of sp³-hybridized carbons (Fsp3) is 0.265. The van der Waals surface area contributed by atoms with Crippen LogP contribution in [0.4, 0.5) is 5.82 Å². The number of nitrogens with two attached hydrogens (primary N) is 1. The molecule has 2 unspecified atom stereocenters. The van der Waals surface area contributed by atoms with E-state index in [1.54, 1.807) is 77.4 Å². The number of H-pyrrole nitrogens is 1. The summed E-state index contributed by atoms with van der Waals surface area (Å²) in [5.41, 5.74) is 8.34. The number of imidazole rings is 1. The molecule has 4 bridgehead atoms. The number of anilines is 1. The maximum Gasteiger partial charge on any atom is 0.390 e. The zero-order chi connectivity index (χ0) is 52.4. The summed E-state index contributed by atoms with van der Waals surface area (Å²) in [6.45, 7) is -9.64. The summed E-state index contributed by atoms with van der Waals surface area (Å²) in [7, 11) is 1.34. The topological polar surface area (TPSA) is 295 Å². The number of ketones is 2. The highest BCUT2D eigenvalue weighted by atomic mass is 32.7. The van der Waals surface area contributed by atoms with Gasteiger partial charge in [0.25, 0.3) is 5.56 Å². The Morgan fingerprint density at radius 3 is 1.95 bits per heavy atom. The summed E-state index contributed by atoms with van der Waals surface area (Å²) in [4.78, 5) is 78.3. The number of aromatic hydroxyl groups is 1. The molecule has 9 atom stereocenters. The van der Waals surface area contributed by atoms with Crippen LogP contribution in [0.25, 0.3) is 11.2 Å². The number of ether oxygens (including phenoxy) is 3. The van der Waals surface area contributed by atoms with Gasteiger partial charge in [0.05, 0.1) is 25.6 Å². The number of carbonyl (C=O) groups excluding carboxylic acids is 3. The minimum atomic E-state index is -4.41. The lowest BCUT2D eigenvalue weighted by molar-refractivity contribution is -0.0610. The van der Waals surface area contributed by atoms with E-state index in [4.69, 9.17) is 38.0 Å². The van der Waals surface area contributed by atoms with Crippen LogP contribution in [-0.4, -0.2) is 103 Å². The fourth-order valence-corrected chi connectivity index (χ4v) is 15.4. The summed E-state index contributed by atoms with van der Waals surface area (Å²) in [5, 5.41) is 9.70. The summed E-state index contributed by atoms with van der Waals surface area (Å²) >= 11 is 1.66. The van der Waals surface area contributed by atoms with Crippen LogP contribution in [0.5, 0.6) is 5.75 Å². The fourth-order valence-electron chi connectivity index (χ4n) is 8.63. The molecule has 0 aliphatic carbocycles. The normalized spacial score (nSPS) is 25.9. The van der Waals surface area contributed by atoms with Gasteiger partial charge in [-0.15, -0.1) is 0 Å². The number of nitrogens with zero attached hydrogens (tertiary/aromatic N) is 5. The Morgan fingerprint density at radius 2 is 1.35 bits per heavy atom. The minimum Gasteiger partial charge on any atom is -0.508 e. The maximum absolute atomic E-state index is 15.4. The van der Waals surface area contributed by atoms with Crippen molar-refractivity contribution in [1.29, 1.82) is 0 Å². The van der Waals surface area contributed by atoms with E-state index < -0.39 is 74.4 Å². The summed E-state index contributed by atoms with van der Waals surface area (Å²) < 4.78 is 78.0. The standard InChI is InChI=1S/C49H45N7O15P2S2/c1-65-43-38-23-67-72(63,74-24-29-4-10-32(11-5-29)41(60)31-8-2-28(21-57)3-9-31)70-37-20-36(68-47(37)56-27-53-40-45(50)51-26-52-46(40)56)22-66-73(64,71-44(43)48(69-38)55-19-18-39(59)54-49(55)62)75-25-30-6-12-33(13-7-30)42(61)34-14-16-35(58)17-15-34/h2-19,21,26-27,36-38,43-44,47-48,58H,20,22-25H2,1H3,(H2,50,51,52)(H,54,59,62)/t36-,37+,38+,43+,44+,47+,48+,72?,73?/m0/s1. The number of benzene rings is 4. The lowest BCUT2D eigenvalue weighted by Crippen LogP contribution is -2.40. The van der Waals surface area contributed by atoms with Gasteiger partial charge in [-0.3, -0.25) is 51.4 Å². The number of carbonyl (C=O) groups is 3. The molecule has 0 saturated carbocycles. The number of phenolic OH excluding ortho intramolecular Hbond substituents is 1. The molecule has 7 aromatic rings. The Bertz CT molecular complexity index is 3470. The van der Waals surface area contributed by atoms with Crippen molar-refractivity contribution in [3.8, 4) is 5.75 Å². The van der Waals surface area contributed by atoms with Crippen LogP contribution in [0.2, 0.25) is 0 Å². The van der Waals surface area contributed by atoms with Gasteiger partial charge >= 0.3 is 19.3 Å². The number of aldehydes is 1. The number of nitrogens with one attached hydrogen (secondary N) is 1. The van der Waals surface area contributed by atoms with Gasteiger partial charge in [-0.05, 0) is 58.2 Å². The third-order valence-electron chi connectivity index (χ3n) is 12.5. The van der Waals surface area contributed by atoms with Crippen LogP contribution in [0, 0.1) is 0 Å². The van der Waals surface area contributed by atoms with Crippen molar-refractivity contribution in [3.63, 3.8) is 0 Å². The number of hydrogen-bond acceptors (Lipinski definition) is 21. The molecule has 3 aliphatic rings. The Morgan fingerprint density at radius 1 is 0.760 bits per heavy atom. The van der Waals surface area contributed by atoms with E-state index in [0.29, 0.717) is 45.2 Å². The van der Waals surface area contributed by atoms with Crippen molar-refractivity contribution in [1.82, 2.24) is 29.1 Å². The summed E-state index contributed by atoms with van der Waals surface area (Å²) in [6, 6.07) is 26.5. The molecule has 3 aliphatic heterocycles. The van der Waals surface area contributed by atoms with Crippen LogP contribution in [0.15, 0.2) is 132 Å². The smallest absolute Gasteiger partial charge is 0.390 e. The SMILES string of the molecule is CO[C@H]1[C@H]2OP(=O)(SCc3ccc(C(=O)c4ccc(O)cc4)cc3)OC[C@@H]3C[C@@H](OP(=O)(SCc4ccc(C(=O)c5ccc(C=O)cc5)cc4)OC[C@H]1O[C@H]2n1ccc(=O)[nH]c1=O)[C@H](n1cnc2c(N)ncnc21)O3. The first kappa shape index (κ1) is 52.1. The van der Waals surface area contributed by atoms with E-state index in [1.807, 2.05) is 0 Å². The first-order valence-corrected chi connectivity index (χ1v) is 29.3. The van der Waals surface area contributed by atoms with Crippen LogP contribution in [0.3, 0.4) is 0 Å². The van der Waals surface area contributed by atoms with Crippen molar-refractivity contribution in [3.05, 3.63) is 182 Å². The van der Waals surface area contributed by atoms with Crippen LogP contribution >= 0.6 is 36.4 Å². The Labute approximate surface area is 433 Å². The quantitative estimate of drug-likeness (QED) is 0.0559. The average Bonchev–Trinajstić information content (AvgIpc) is 4.15. The van der Waals surface area contributed by atoms with E-state index >= 15 is 9.13 Å². The number of rotatable bonds is 14. The summed E-state index contributed by atoms with van der Waals surface area (Å²) in [5.74, 6) is -0.337. The molecule has 26 heteroatoms. The minimum absolute atomic E-state index is 0.00406. The van der Waals surface area contributed by atoms with Crippen molar-refractivity contribution in [2.75, 3.05) is 26.1 Å². The molecule has 75 heavy (non-hydrogen) atoms. The molecule has 0 radical (unpaired) electrons. The van der Waals surface area contributed by atoms with Gasteiger partial charge in [-0.1, -0.05) is 72.8 Å². The summed E-state index contributed by atoms with van der Waals surface area (Å²) in [6.07, 6.45) is -3.70. The van der Waals surface area contributed by atoms with E-state index in [0.717, 1.165) is 33.4 Å². The largest absolute Gasteiger partial charge is 0.508 e. The Kier molecular flexibility index (Phi) is 15.3. The zero-order valence-electron chi connectivity index (χ0n) is 39.4. The lowest BCUT2D eigenvalue weighted by atomic mass is 10.0. The van der Waals surface area contributed by atoms with Crippen molar-refractivity contribution in [2.45, 2.75) is 60.9 Å². The average molecular weight is 1100 g/mol. The molecule has 6 heterocycles. The van der Waals surface area contributed by atoms with Gasteiger partial charge in [-0.2, -0.15) is 0 Å². The van der Waals surface area contributed by atoms with E-state index in [9.17, 15) is 29.1 Å². The number of methoxy groups -OCH3 is 1. The van der Waals surface area contributed by atoms with Gasteiger partial charge < -0.3 is 25.1 Å². The van der Waals surface area contributed by atoms with Crippen LogP contribution in [0.1, 0.15) is 72.2 Å². The molecule has 4 aromatic carbocycles. The first-order chi connectivity index (χ1) is 36.2. The third kappa shape index (κ3) is 11.4. The second-order valence-electron chi connectivity index (χ2n) is 17.3. The number of fused-ring (bicyclic) bond motifs is 5. The molecule has 3 saturated heterocycles. The number of nitrogen functional groups attached to an aromatic ring is 1. The van der Waals surface area contributed by atoms with Gasteiger partial charge in [0, 0.05) is 65.1 Å². The van der Waals surface area contributed by atoms with E-state index in [-0.39, 0.29) is 58.8 Å². The predicted molar refractivity (Wildman–Crippen MR) is 273 cm³/mol. The second kappa shape index (κ2) is 22.1. The molecule has 22 nitrogen and oxygen atoms in total. The van der Waals surface area contributed by atoms with Crippen LogP contribution < -0.4 is 17.0 Å². The van der Waals surface area contributed by atoms with E-state index in [1.165, 1.54) is 50.2 Å². The highest BCUT2D eigenvalue weighted by Gasteiger charge is 2.53. The molecule has 0 spiro atoms. The second-order valence-corrected chi connectivity index (χ2v) is 25.4. The molecule has 10 rings (SSSR count). The molecular formula is C49H45N7O15P2S2. The predicted octanol–water partition coefficient (Wildman–Crippen LogP) is 7.04. The Hall–Kier alpha value is -6.40. The number of aromatic nitrogens is 6. The highest BCUT2D eigenvalue weighted by molar-refractivity contribution is 8.55. The molecule has 3 aromatic heterocycles. The highest BCUT2D eigenvalue weighted by Crippen LogP contribution is 2.67. The lowest BCUT2D eigenvalue weighted by Gasteiger charge is -2.29. The number of phenols is 1. The van der Waals surface area contributed by atoms with Gasteiger partial charge in [0.2, 0.25) is 0 Å². The van der Waals surface area contributed by atoms with Gasteiger partial charge in [-0.25, -0.2) is 28.9 Å². The van der Waals surface area contributed by atoms with Crippen molar-refractivity contribution in [2.24, 2.45) is 0 Å². The molecule has 4 N–H and O–H groups in total. The monoisotopic (exact) mass is 1100 g/mol. The zero-order valence-corrected chi connectivity index (χ0v) is 42.8. The van der Waals surface area contributed by atoms with Crippen molar-refractivity contribution >= 4 is 71.2 Å². The molecule has 0 amide bonds. The van der Waals surface area contributed by atoms with Crippen LogP contribution in [-0.2, 0) is 52.9 Å². The Balaban J connectivity index is 0.962.